The second-order valence-corrected chi connectivity index (χ2v) is 11.7. The predicted octanol–water partition coefficient (Wildman–Crippen LogP) is 4.93. The van der Waals surface area contributed by atoms with Crippen molar-refractivity contribution in [1.82, 2.24) is 10.2 Å². The first-order chi connectivity index (χ1) is 18.0. The number of methoxy groups -OCH3 is 1. The van der Waals surface area contributed by atoms with Crippen molar-refractivity contribution in [2.75, 3.05) is 30.8 Å². The zero-order valence-electron chi connectivity index (χ0n) is 23.0. The van der Waals surface area contributed by atoms with E-state index in [2.05, 4.69) is 5.32 Å². The summed E-state index contributed by atoms with van der Waals surface area (Å²) in [5.74, 6) is 0.252. The maximum Gasteiger partial charge on any atom is 0.242 e. The fraction of sp³-hybridized carbons (Fsp3) is 0.500. The summed E-state index contributed by atoms with van der Waals surface area (Å²) in [5.41, 5.74) is 2.09. The number of aryl methyl sites for hydroxylation is 1. The van der Waals surface area contributed by atoms with Crippen molar-refractivity contribution < 1.29 is 22.7 Å². The van der Waals surface area contributed by atoms with Gasteiger partial charge in [-0.15, -0.1) is 0 Å². The summed E-state index contributed by atoms with van der Waals surface area (Å²) in [5, 5.41) is 3.38. The second-order valence-electron chi connectivity index (χ2n) is 9.31. The largest absolute Gasteiger partial charge is 0.497 e. The van der Waals surface area contributed by atoms with E-state index in [0.29, 0.717) is 29.4 Å². The summed E-state index contributed by atoms with van der Waals surface area (Å²) in [6, 6.07) is 11.8. The molecule has 0 saturated heterocycles. The van der Waals surface area contributed by atoms with Crippen LogP contribution in [0.4, 0.5) is 5.69 Å². The summed E-state index contributed by atoms with van der Waals surface area (Å²) in [6.07, 6.45) is 3.75. The molecule has 2 rings (SSSR count). The molecule has 0 aliphatic rings. The van der Waals surface area contributed by atoms with Gasteiger partial charge in [0, 0.05) is 31.1 Å². The lowest BCUT2D eigenvalue weighted by atomic mass is 10.1. The Balaban J connectivity index is 2.25. The van der Waals surface area contributed by atoms with E-state index < -0.39 is 16.1 Å². The number of ether oxygens (including phenoxy) is 1. The molecule has 1 atom stereocenters. The van der Waals surface area contributed by atoms with Gasteiger partial charge in [-0.2, -0.15) is 0 Å². The third kappa shape index (κ3) is 9.20. The number of halogens is 1. The van der Waals surface area contributed by atoms with E-state index >= 15 is 0 Å². The molecule has 0 aromatic heterocycles. The number of nitrogens with zero attached hydrogens (tertiary/aromatic N) is 2. The van der Waals surface area contributed by atoms with Crippen LogP contribution in [-0.2, 0) is 26.2 Å². The van der Waals surface area contributed by atoms with Gasteiger partial charge in [0.05, 0.1) is 19.1 Å². The number of nitrogens with one attached hydrogen (secondary N) is 1. The predicted molar refractivity (Wildman–Crippen MR) is 153 cm³/mol. The van der Waals surface area contributed by atoms with Gasteiger partial charge in [-0.1, -0.05) is 50.1 Å². The summed E-state index contributed by atoms with van der Waals surface area (Å²) in [7, 11) is -2.03. The summed E-state index contributed by atoms with van der Waals surface area (Å²) in [4.78, 5) is 28.2. The lowest BCUT2D eigenvalue weighted by molar-refractivity contribution is -0.141. The Morgan fingerprint density at radius 3 is 2.47 bits per heavy atom. The molecular weight excluding hydrogens is 526 g/mol. The van der Waals surface area contributed by atoms with Crippen LogP contribution in [0.15, 0.2) is 42.5 Å². The molecule has 0 aliphatic carbocycles. The number of amides is 2. The number of benzene rings is 2. The number of carbonyl (C=O) groups is 2. The van der Waals surface area contributed by atoms with Crippen LogP contribution in [0.5, 0.6) is 5.75 Å². The monoisotopic (exact) mass is 565 g/mol. The first-order valence-electron chi connectivity index (χ1n) is 13.0. The van der Waals surface area contributed by atoms with Gasteiger partial charge in [0.25, 0.3) is 0 Å². The third-order valence-electron chi connectivity index (χ3n) is 6.29. The minimum absolute atomic E-state index is 0.0777. The van der Waals surface area contributed by atoms with E-state index in [9.17, 15) is 18.0 Å². The maximum atomic E-state index is 13.6. The molecule has 0 spiro atoms. The molecule has 0 radical (unpaired) electrons. The molecule has 10 heteroatoms. The third-order valence-corrected chi connectivity index (χ3v) is 7.71. The van der Waals surface area contributed by atoms with Gasteiger partial charge in [0.15, 0.2) is 0 Å². The van der Waals surface area contributed by atoms with E-state index in [1.165, 1.54) is 4.31 Å². The number of sulfonamides is 1. The van der Waals surface area contributed by atoms with Crippen molar-refractivity contribution in [3.63, 3.8) is 0 Å². The Morgan fingerprint density at radius 1 is 1.11 bits per heavy atom. The molecule has 1 N–H and O–H groups in total. The number of carbonyl (C=O) groups excluding carboxylic acids is 2. The Bertz CT molecular complexity index is 1190. The van der Waals surface area contributed by atoms with Crippen LogP contribution in [0.1, 0.15) is 57.1 Å². The van der Waals surface area contributed by atoms with E-state index in [1.807, 2.05) is 45.0 Å². The highest BCUT2D eigenvalue weighted by molar-refractivity contribution is 7.92. The minimum atomic E-state index is -3.61. The first kappa shape index (κ1) is 31.4. The van der Waals surface area contributed by atoms with Crippen LogP contribution in [0, 0.1) is 6.92 Å². The fourth-order valence-electron chi connectivity index (χ4n) is 4.23. The van der Waals surface area contributed by atoms with Gasteiger partial charge in [-0.05, 0) is 61.6 Å². The SMILES string of the molecule is CCCCNC(=O)C(CC)N(Cc1cccc(OC)c1)C(=O)CCCN(c1cc(Cl)ccc1C)S(C)(=O)=O. The average Bonchev–Trinajstić information content (AvgIpc) is 2.87. The molecule has 0 fully saturated rings. The van der Waals surface area contributed by atoms with Gasteiger partial charge in [-0.25, -0.2) is 8.42 Å². The normalized spacial score (nSPS) is 12.1. The summed E-state index contributed by atoms with van der Waals surface area (Å²) in [6.45, 7) is 6.64. The Kier molecular flexibility index (Phi) is 12.4. The zero-order valence-corrected chi connectivity index (χ0v) is 24.6. The van der Waals surface area contributed by atoms with Gasteiger partial charge in [-0.3, -0.25) is 13.9 Å². The number of rotatable bonds is 15. The van der Waals surface area contributed by atoms with Crippen LogP contribution in [0.25, 0.3) is 0 Å². The van der Waals surface area contributed by atoms with E-state index in [0.717, 1.165) is 30.2 Å². The minimum Gasteiger partial charge on any atom is -0.497 e. The highest BCUT2D eigenvalue weighted by Crippen LogP contribution is 2.27. The van der Waals surface area contributed by atoms with Gasteiger partial charge >= 0.3 is 0 Å². The molecule has 8 nitrogen and oxygen atoms in total. The molecule has 2 aromatic carbocycles. The average molecular weight is 566 g/mol. The Hall–Kier alpha value is -2.78. The summed E-state index contributed by atoms with van der Waals surface area (Å²) >= 11 is 6.13. The molecule has 2 aromatic rings. The fourth-order valence-corrected chi connectivity index (χ4v) is 5.41. The standard InChI is InChI=1S/C28H40ClN3O5S/c1-6-8-16-30-28(34)25(7-2)31(20-22-11-9-12-24(18-22)37-4)27(33)13-10-17-32(38(5,35)36)26-19-23(29)15-14-21(26)3/h9,11-12,14-15,18-19,25H,6-8,10,13,16-17,20H2,1-5H3,(H,30,34). The Morgan fingerprint density at radius 2 is 1.84 bits per heavy atom. The quantitative estimate of drug-likeness (QED) is 0.309. The van der Waals surface area contributed by atoms with Crippen molar-refractivity contribution in [3.8, 4) is 5.75 Å². The number of anilines is 1. The molecular formula is C28H40ClN3O5S. The van der Waals surface area contributed by atoms with E-state index in [-0.39, 0.29) is 37.7 Å². The van der Waals surface area contributed by atoms with Gasteiger partial charge < -0.3 is 15.0 Å². The van der Waals surface area contributed by atoms with Crippen molar-refractivity contribution in [2.24, 2.45) is 0 Å². The highest BCUT2D eigenvalue weighted by atomic mass is 35.5. The molecule has 0 heterocycles. The number of hydrogen-bond donors (Lipinski definition) is 1. The maximum absolute atomic E-state index is 13.6. The van der Waals surface area contributed by atoms with Crippen LogP contribution in [-0.4, -0.2) is 57.6 Å². The molecule has 210 valence electrons. The van der Waals surface area contributed by atoms with Crippen molar-refractivity contribution in [3.05, 3.63) is 58.6 Å². The highest BCUT2D eigenvalue weighted by Gasteiger charge is 2.29. The number of unbranched alkanes of at least 4 members (excludes halogenated alkanes) is 1. The van der Waals surface area contributed by atoms with Gasteiger partial charge in [0.1, 0.15) is 11.8 Å². The lowest BCUT2D eigenvalue weighted by Crippen LogP contribution is -2.49. The topological polar surface area (TPSA) is 96.0 Å². The molecule has 0 bridgehead atoms. The van der Waals surface area contributed by atoms with Crippen molar-refractivity contribution in [2.45, 2.75) is 65.5 Å². The molecule has 1 unspecified atom stereocenters. The van der Waals surface area contributed by atoms with E-state index in [4.69, 9.17) is 16.3 Å². The van der Waals surface area contributed by atoms with Crippen LogP contribution < -0.4 is 14.4 Å². The van der Waals surface area contributed by atoms with E-state index in [1.54, 1.807) is 30.2 Å². The number of hydrogen-bond acceptors (Lipinski definition) is 5. The molecule has 0 aliphatic heterocycles. The van der Waals surface area contributed by atoms with Crippen LogP contribution in [0.3, 0.4) is 0 Å². The molecule has 0 saturated carbocycles. The lowest BCUT2D eigenvalue weighted by Gasteiger charge is -2.31. The summed E-state index contributed by atoms with van der Waals surface area (Å²) < 4.78 is 31.8. The molecule has 38 heavy (non-hydrogen) atoms. The van der Waals surface area contributed by atoms with Crippen molar-refractivity contribution in [1.29, 1.82) is 0 Å². The van der Waals surface area contributed by atoms with Crippen molar-refractivity contribution >= 4 is 39.1 Å². The zero-order chi connectivity index (χ0) is 28.3. The van der Waals surface area contributed by atoms with Gasteiger partial charge in [0.2, 0.25) is 21.8 Å². The first-order valence-corrected chi connectivity index (χ1v) is 15.2. The van der Waals surface area contributed by atoms with Crippen LogP contribution in [0.2, 0.25) is 5.02 Å². The van der Waals surface area contributed by atoms with Crippen LogP contribution >= 0.6 is 11.6 Å². The molecule has 2 amide bonds. The smallest absolute Gasteiger partial charge is 0.242 e. The second kappa shape index (κ2) is 15.0. The Labute approximate surface area is 232 Å².